The van der Waals surface area contributed by atoms with Gasteiger partial charge in [-0.15, -0.1) is 0 Å². The van der Waals surface area contributed by atoms with Crippen molar-refractivity contribution in [1.82, 2.24) is 15.0 Å². The first-order valence-corrected chi connectivity index (χ1v) is 7.83. The van der Waals surface area contributed by atoms with Gasteiger partial charge in [-0.3, -0.25) is 4.79 Å². The number of piperidine rings is 1. The number of hydrogen-bond acceptors (Lipinski definition) is 6. The van der Waals surface area contributed by atoms with Crippen LogP contribution in [0.1, 0.15) is 57.2 Å². The van der Waals surface area contributed by atoms with Gasteiger partial charge in [-0.1, -0.05) is 5.16 Å². The van der Waals surface area contributed by atoms with Gasteiger partial charge in [0.15, 0.2) is 5.82 Å². The fraction of sp³-hybridized carbons (Fsp3) is 0.800. The predicted molar refractivity (Wildman–Crippen MR) is 77.0 cm³/mol. The smallest absolute Gasteiger partial charge is 0.254 e. The van der Waals surface area contributed by atoms with E-state index in [9.17, 15) is 15.0 Å². The quantitative estimate of drug-likeness (QED) is 0.845. The molecule has 22 heavy (non-hydrogen) atoms. The second kappa shape index (κ2) is 5.31. The Balaban J connectivity index is 1.67. The number of hydrogen-bond donors (Lipinski definition) is 2. The van der Waals surface area contributed by atoms with Crippen molar-refractivity contribution in [2.45, 2.75) is 63.1 Å². The molecule has 2 heterocycles. The molecule has 2 N–H and O–H groups in total. The lowest BCUT2D eigenvalue weighted by atomic mass is 9.88. The number of aliphatic hydroxyl groups is 2. The van der Waals surface area contributed by atoms with E-state index in [2.05, 4.69) is 10.1 Å². The van der Waals surface area contributed by atoms with Crippen molar-refractivity contribution in [3.05, 3.63) is 11.7 Å². The van der Waals surface area contributed by atoms with Crippen LogP contribution in [-0.4, -0.2) is 55.5 Å². The van der Waals surface area contributed by atoms with E-state index in [1.54, 1.807) is 0 Å². The molecule has 0 bridgehead atoms. The molecule has 1 saturated heterocycles. The van der Waals surface area contributed by atoms with Crippen molar-refractivity contribution in [3.8, 4) is 0 Å². The van der Waals surface area contributed by atoms with Crippen LogP contribution in [-0.2, 0) is 11.2 Å². The molecule has 7 heteroatoms. The molecule has 2 aliphatic rings. The van der Waals surface area contributed by atoms with E-state index in [0.29, 0.717) is 31.2 Å². The van der Waals surface area contributed by atoms with Crippen molar-refractivity contribution in [2.75, 3.05) is 13.1 Å². The normalized spacial score (nSPS) is 26.3. The summed E-state index contributed by atoms with van der Waals surface area (Å²) in [7, 11) is 0. The van der Waals surface area contributed by atoms with E-state index in [4.69, 9.17) is 4.52 Å². The van der Waals surface area contributed by atoms with Crippen LogP contribution in [0, 0.1) is 0 Å². The maximum absolute atomic E-state index is 12.2. The summed E-state index contributed by atoms with van der Waals surface area (Å²) in [6.45, 7) is 3.64. The fourth-order valence-corrected chi connectivity index (χ4v) is 2.95. The molecule has 0 radical (unpaired) electrons. The summed E-state index contributed by atoms with van der Waals surface area (Å²) in [5.74, 6) is 1.18. The molecule has 1 aliphatic heterocycles. The van der Waals surface area contributed by atoms with E-state index in [0.717, 1.165) is 18.7 Å². The Morgan fingerprint density at radius 3 is 2.86 bits per heavy atom. The summed E-state index contributed by atoms with van der Waals surface area (Å²) in [4.78, 5) is 18.0. The molecule has 0 spiro atoms. The number of rotatable bonds is 4. The summed E-state index contributed by atoms with van der Waals surface area (Å²) in [6, 6.07) is 0. The summed E-state index contributed by atoms with van der Waals surface area (Å²) in [5.41, 5.74) is -2.51. The minimum atomic E-state index is -1.43. The van der Waals surface area contributed by atoms with E-state index in [1.165, 1.54) is 18.7 Å². The first kappa shape index (κ1) is 15.4. The van der Waals surface area contributed by atoms with E-state index in [-0.39, 0.29) is 18.9 Å². The van der Waals surface area contributed by atoms with Gasteiger partial charge in [0, 0.05) is 19.0 Å². The molecule has 1 amide bonds. The molecular formula is C15H23N3O4. The van der Waals surface area contributed by atoms with Gasteiger partial charge in [-0.25, -0.2) is 0 Å². The Bertz CT molecular complexity index is 561. The zero-order valence-corrected chi connectivity index (χ0v) is 13.1. The van der Waals surface area contributed by atoms with Crippen LogP contribution in [0.2, 0.25) is 0 Å². The molecule has 122 valence electrons. The van der Waals surface area contributed by atoms with Crippen LogP contribution >= 0.6 is 0 Å². The summed E-state index contributed by atoms with van der Waals surface area (Å²) >= 11 is 0. The number of carbonyl (C=O) groups is 1. The molecule has 1 saturated carbocycles. The minimum Gasteiger partial charge on any atom is -0.388 e. The van der Waals surface area contributed by atoms with Gasteiger partial charge >= 0.3 is 0 Å². The van der Waals surface area contributed by atoms with Gasteiger partial charge in [0.25, 0.3) is 5.91 Å². The number of likely N-dealkylation sites (tertiary alicyclic amines) is 1. The van der Waals surface area contributed by atoms with E-state index >= 15 is 0 Å². The molecule has 1 aromatic rings. The molecule has 2 fully saturated rings. The molecular weight excluding hydrogens is 286 g/mol. The van der Waals surface area contributed by atoms with Gasteiger partial charge < -0.3 is 19.6 Å². The predicted octanol–water partition coefficient (Wildman–Crippen LogP) is 0.614. The first-order chi connectivity index (χ1) is 10.3. The number of aromatic nitrogens is 2. The summed E-state index contributed by atoms with van der Waals surface area (Å²) in [5, 5.41) is 24.6. The Hall–Kier alpha value is -1.47. The lowest BCUT2D eigenvalue weighted by Crippen LogP contribution is -2.55. The number of β-amino-alcohol motifs (C(OH)–C–C–N with tert-alkyl or cyclic N) is 1. The van der Waals surface area contributed by atoms with Gasteiger partial charge in [0.1, 0.15) is 5.60 Å². The molecule has 1 unspecified atom stereocenters. The zero-order chi connectivity index (χ0) is 16.0. The highest BCUT2D eigenvalue weighted by Crippen LogP contribution is 2.38. The molecule has 1 aromatic heterocycles. The molecule has 1 atom stereocenters. The Labute approximate surface area is 129 Å². The molecule has 7 nitrogen and oxygen atoms in total. The van der Waals surface area contributed by atoms with Gasteiger partial charge in [0.2, 0.25) is 5.89 Å². The fourth-order valence-electron chi connectivity index (χ4n) is 2.95. The van der Waals surface area contributed by atoms with Crippen molar-refractivity contribution in [1.29, 1.82) is 0 Å². The van der Waals surface area contributed by atoms with Crippen molar-refractivity contribution < 1.29 is 19.5 Å². The third-order valence-electron chi connectivity index (χ3n) is 4.27. The third kappa shape index (κ3) is 3.30. The first-order valence-electron chi connectivity index (χ1n) is 7.83. The maximum atomic E-state index is 12.2. The van der Waals surface area contributed by atoms with E-state index in [1.807, 2.05) is 0 Å². The Morgan fingerprint density at radius 2 is 2.23 bits per heavy atom. The number of amides is 1. The van der Waals surface area contributed by atoms with Crippen LogP contribution in [0.15, 0.2) is 4.52 Å². The van der Waals surface area contributed by atoms with Gasteiger partial charge in [-0.2, -0.15) is 4.98 Å². The number of carbonyl (C=O) groups excluding carboxylic acids is 1. The Morgan fingerprint density at radius 1 is 1.50 bits per heavy atom. The molecule has 3 rings (SSSR count). The Kier molecular flexibility index (Phi) is 3.72. The van der Waals surface area contributed by atoms with Crippen LogP contribution in [0.4, 0.5) is 0 Å². The zero-order valence-electron chi connectivity index (χ0n) is 13.1. The van der Waals surface area contributed by atoms with Crippen molar-refractivity contribution >= 4 is 5.91 Å². The molecule has 0 aromatic carbocycles. The lowest BCUT2D eigenvalue weighted by Gasteiger charge is -2.40. The average Bonchev–Trinajstić information content (AvgIpc) is 3.18. The van der Waals surface area contributed by atoms with Crippen LogP contribution in [0.3, 0.4) is 0 Å². The number of nitrogens with zero attached hydrogens (tertiary/aromatic N) is 3. The van der Waals surface area contributed by atoms with Crippen molar-refractivity contribution in [2.24, 2.45) is 0 Å². The van der Waals surface area contributed by atoms with Crippen LogP contribution < -0.4 is 0 Å². The standard InChI is InChI=1S/C15H23N3O4/c1-14(2,20)13(19)18-7-3-6-15(21,9-18)8-11-16-12(17-22-11)10-4-5-10/h10,20-21H,3-9H2,1-2H3. The summed E-state index contributed by atoms with van der Waals surface area (Å²) in [6.07, 6.45) is 3.68. The second-order valence-electron chi connectivity index (χ2n) is 7.11. The topological polar surface area (TPSA) is 99.7 Å². The van der Waals surface area contributed by atoms with Crippen LogP contribution in [0.5, 0.6) is 0 Å². The molecule has 1 aliphatic carbocycles. The lowest BCUT2D eigenvalue weighted by molar-refractivity contribution is -0.154. The van der Waals surface area contributed by atoms with Gasteiger partial charge in [0.05, 0.1) is 12.0 Å². The summed E-state index contributed by atoms with van der Waals surface area (Å²) < 4.78 is 5.22. The second-order valence-corrected chi connectivity index (χ2v) is 7.11. The van der Waals surface area contributed by atoms with Gasteiger partial charge in [-0.05, 0) is 39.5 Å². The SMILES string of the molecule is CC(C)(O)C(=O)N1CCCC(O)(Cc2nc(C3CC3)no2)C1. The highest BCUT2D eigenvalue weighted by atomic mass is 16.5. The van der Waals surface area contributed by atoms with Crippen LogP contribution in [0.25, 0.3) is 0 Å². The third-order valence-corrected chi connectivity index (χ3v) is 4.27. The minimum absolute atomic E-state index is 0.178. The monoisotopic (exact) mass is 309 g/mol. The average molecular weight is 309 g/mol. The largest absolute Gasteiger partial charge is 0.388 e. The maximum Gasteiger partial charge on any atom is 0.254 e. The van der Waals surface area contributed by atoms with E-state index < -0.39 is 11.2 Å². The van der Waals surface area contributed by atoms with Crippen molar-refractivity contribution in [3.63, 3.8) is 0 Å². The highest BCUT2D eigenvalue weighted by molar-refractivity contribution is 5.84. The highest BCUT2D eigenvalue weighted by Gasteiger charge is 2.40.